The highest BCUT2D eigenvalue weighted by atomic mass is 32.2. The highest BCUT2D eigenvalue weighted by molar-refractivity contribution is 8.01. The van der Waals surface area contributed by atoms with E-state index in [-0.39, 0.29) is 24.6 Å². The van der Waals surface area contributed by atoms with Crippen molar-refractivity contribution < 1.29 is 23.5 Å². The highest BCUT2D eigenvalue weighted by Gasteiger charge is 2.48. The Morgan fingerprint density at radius 1 is 1.21 bits per heavy atom. The van der Waals surface area contributed by atoms with Crippen molar-refractivity contribution in [2.75, 3.05) is 13.1 Å². The summed E-state index contributed by atoms with van der Waals surface area (Å²) in [4.78, 5) is 39.9. The summed E-state index contributed by atoms with van der Waals surface area (Å²) in [6, 6.07) is 0. The van der Waals surface area contributed by atoms with E-state index in [1.54, 1.807) is 25.6 Å². The van der Waals surface area contributed by atoms with Crippen LogP contribution in [0.5, 0.6) is 0 Å². The van der Waals surface area contributed by atoms with E-state index in [4.69, 9.17) is 4.74 Å². The smallest absolute Gasteiger partial charge is 0.414 e. The Hall–Kier alpha value is -1.04. The molecule has 8 nitrogen and oxygen atoms in total. The Labute approximate surface area is 204 Å². The van der Waals surface area contributed by atoms with Crippen LogP contribution in [0.25, 0.3) is 0 Å². The van der Waals surface area contributed by atoms with Crippen LogP contribution in [-0.2, 0) is 14.3 Å². The molecule has 188 valence electrons. The molecule has 3 heterocycles. The summed E-state index contributed by atoms with van der Waals surface area (Å²) in [6.07, 6.45) is 3.48. The number of hydrogen-bond acceptors (Lipinski definition) is 8. The third kappa shape index (κ3) is 6.76. The molecule has 7 atom stereocenters. The van der Waals surface area contributed by atoms with Gasteiger partial charge in [-0.2, -0.15) is 0 Å². The van der Waals surface area contributed by atoms with Gasteiger partial charge in [0.2, 0.25) is 11.8 Å². The number of nitrogens with one attached hydrogen (secondary N) is 3. The maximum absolute atomic E-state index is 14.2. The zero-order valence-corrected chi connectivity index (χ0v) is 21.5. The molecule has 3 N–H and O–H groups in total. The number of unbranched alkanes of at least 4 members (excludes halogenated alkanes) is 1. The first kappa shape index (κ1) is 26.6. The Morgan fingerprint density at radius 2 is 1.97 bits per heavy atom. The second kappa shape index (κ2) is 12.1. The Balaban J connectivity index is 1.61. The van der Waals surface area contributed by atoms with Gasteiger partial charge in [0.05, 0.1) is 23.6 Å². The number of nitrogens with zero attached hydrogens (tertiary/aromatic N) is 1. The molecule has 3 saturated heterocycles. The number of thioether (sulfide) groups is 2. The molecule has 0 aromatic heterocycles. The number of rotatable bonds is 8. The second-order valence-electron chi connectivity index (χ2n) is 9.17. The standard InChI is InChI=1S/C22H37FN4O4S2/c1-5-7-8-13-9-10-27(6-2)17-16(13)33-21(24-17)19(29)25-20-14(11-15(23)32-20)18(28)26-22(30)31-12(3)4/h12-17,20-21,24H,5-11H2,1-4H3,(H,25,29)(H,26,28,30). The fourth-order valence-electron chi connectivity index (χ4n) is 4.77. The Kier molecular flexibility index (Phi) is 9.72. The minimum atomic E-state index is -1.28. The highest BCUT2D eigenvalue weighted by Crippen LogP contribution is 2.42. The normalized spacial score (nSPS) is 34.2. The molecule has 33 heavy (non-hydrogen) atoms. The molecule has 0 aromatic rings. The number of carbonyl (C=O) groups is 3. The number of alkyl halides is 1. The molecule has 0 saturated carbocycles. The van der Waals surface area contributed by atoms with Gasteiger partial charge in [0, 0.05) is 11.7 Å². The van der Waals surface area contributed by atoms with Crippen molar-refractivity contribution in [3.63, 3.8) is 0 Å². The molecule has 11 heteroatoms. The van der Waals surface area contributed by atoms with Crippen molar-refractivity contribution in [1.82, 2.24) is 20.9 Å². The Morgan fingerprint density at radius 3 is 2.64 bits per heavy atom. The molecule has 7 unspecified atom stereocenters. The number of amides is 3. The molecular weight excluding hydrogens is 467 g/mol. The summed E-state index contributed by atoms with van der Waals surface area (Å²) < 4.78 is 19.1. The van der Waals surface area contributed by atoms with E-state index in [1.807, 2.05) is 0 Å². The van der Waals surface area contributed by atoms with Crippen molar-refractivity contribution in [2.24, 2.45) is 11.8 Å². The van der Waals surface area contributed by atoms with Crippen molar-refractivity contribution >= 4 is 41.4 Å². The molecule has 0 bridgehead atoms. The van der Waals surface area contributed by atoms with Gasteiger partial charge in [0.15, 0.2) is 0 Å². The molecule has 3 fully saturated rings. The van der Waals surface area contributed by atoms with Crippen LogP contribution >= 0.6 is 23.5 Å². The fraction of sp³-hybridized carbons (Fsp3) is 0.864. The lowest BCUT2D eigenvalue weighted by Crippen LogP contribution is -2.56. The van der Waals surface area contributed by atoms with E-state index in [0.717, 1.165) is 44.1 Å². The number of piperidine rings is 1. The second-order valence-corrected chi connectivity index (χ2v) is 11.8. The third-order valence-corrected chi connectivity index (χ3v) is 9.24. The summed E-state index contributed by atoms with van der Waals surface area (Å²) in [6.45, 7) is 9.61. The van der Waals surface area contributed by atoms with Crippen LogP contribution in [-0.4, -0.2) is 69.7 Å². The van der Waals surface area contributed by atoms with Crippen LogP contribution in [0.4, 0.5) is 9.18 Å². The van der Waals surface area contributed by atoms with E-state index in [2.05, 4.69) is 34.7 Å². The minimum absolute atomic E-state index is 0.0599. The van der Waals surface area contributed by atoms with Gasteiger partial charge in [-0.25, -0.2) is 9.18 Å². The van der Waals surface area contributed by atoms with E-state index in [9.17, 15) is 18.8 Å². The molecule has 3 rings (SSSR count). The predicted molar refractivity (Wildman–Crippen MR) is 129 cm³/mol. The Bertz CT molecular complexity index is 716. The quantitative estimate of drug-likeness (QED) is 0.464. The van der Waals surface area contributed by atoms with Gasteiger partial charge in [-0.05, 0) is 45.7 Å². The van der Waals surface area contributed by atoms with E-state index in [1.165, 1.54) is 6.42 Å². The lowest BCUT2D eigenvalue weighted by molar-refractivity contribution is -0.125. The van der Waals surface area contributed by atoms with Crippen LogP contribution in [0.2, 0.25) is 0 Å². The predicted octanol–water partition coefficient (Wildman–Crippen LogP) is 3.03. The van der Waals surface area contributed by atoms with Crippen LogP contribution in [0, 0.1) is 11.8 Å². The van der Waals surface area contributed by atoms with E-state index < -0.39 is 34.2 Å². The first-order chi connectivity index (χ1) is 15.7. The zero-order chi connectivity index (χ0) is 24.1. The molecule has 3 aliphatic heterocycles. The van der Waals surface area contributed by atoms with Crippen LogP contribution in [0.3, 0.4) is 0 Å². The van der Waals surface area contributed by atoms with E-state index >= 15 is 0 Å². The van der Waals surface area contributed by atoms with Crippen molar-refractivity contribution in [1.29, 1.82) is 0 Å². The number of ether oxygens (including phenoxy) is 1. The maximum atomic E-state index is 14.2. The first-order valence-corrected chi connectivity index (χ1v) is 13.9. The largest absolute Gasteiger partial charge is 0.447 e. The van der Waals surface area contributed by atoms with Gasteiger partial charge < -0.3 is 10.1 Å². The molecule has 0 aromatic carbocycles. The first-order valence-electron chi connectivity index (χ1n) is 12.0. The average Bonchev–Trinajstić information content (AvgIpc) is 3.35. The van der Waals surface area contributed by atoms with Gasteiger partial charge in [-0.1, -0.05) is 38.5 Å². The summed E-state index contributed by atoms with van der Waals surface area (Å²) in [5, 5.41) is 7.66. The van der Waals surface area contributed by atoms with E-state index in [0.29, 0.717) is 11.2 Å². The third-order valence-electron chi connectivity index (χ3n) is 6.43. The van der Waals surface area contributed by atoms with Crippen LogP contribution in [0.1, 0.15) is 59.8 Å². The number of hydrogen-bond donors (Lipinski definition) is 3. The van der Waals surface area contributed by atoms with Gasteiger partial charge >= 0.3 is 6.09 Å². The van der Waals surface area contributed by atoms with Crippen molar-refractivity contribution in [2.45, 2.75) is 93.6 Å². The topological polar surface area (TPSA) is 99.8 Å². The number of carbonyl (C=O) groups excluding carboxylic acids is 3. The van der Waals surface area contributed by atoms with Gasteiger partial charge in [-0.15, -0.1) is 11.8 Å². The van der Waals surface area contributed by atoms with Gasteiger partial charge in [-0.3, -0.25) is 25.1 Å². The number of fused-ring (bicyclic) bond motifs is 1. The zero-order valence-electron chi connectivity index (χ0n) is 19.8. The lowest BCUT2D eigenvalue weighted by Gasteiger charge is -2.41. The minimum Gasteiger partial charge on any atom is -0.447 e. The number of alkyl carbamates (subject to hydrolysis) is 1. The fourth-order valence-corrected chi connectivity index (χ4v) is 7.63. The van der Waals surface area contributed by atoms with Crippen molar-refractivity contribution in [3.05, 3.63) is 0 Å². The summed E-state index contributed by atoms with van der Waals surface area (Å²) in [7, 11) is 0. The summed E-state index contributed by atoms with van der Waals surface area (Å²) >= 11 is 2.56. The summed E-state index contributed by atoms with van der Waals surface area (Å²) in [5.74, 6) is -1.15. The SMILES string of the molecule is CCCCC1CCN(CC)C2NC(C(=O)NC3SC(F)CC3C(=O)NC(=O)OC(C)C)SC12. The molecule has 0 aliphatic carbocycles. The van der Waals surface area contributed by atoms with Crippen LogP contribution in [0.15, 0.2) is 0 Å². The number of halogens is 1. The number of likely N-dealkylation sites (tertiary alicyclic amines) is 1. The van der Waals surface area contributed by atoms with Crippen molar-refractivity contribution in [3.8, 4) is 0 Å². The maximum Gasteiger partial charge on any atom is 0.414 e. The van der Waals surface area contributed by atoms with Gasteiger partial charge in [0.25, 0.3) is 0 Å². The molecule has 3 aliphatic rings. The average molecular weight is 505 g/mol. The molecule has 3 amide bonds. The number of imide groups is 1. The lowest BCUT2D eigenvalue weighted by atomic mass is 9.89. The summed E-state index contributed by atoms with van der Waals surface area (Å²) in [5.41, 5.74) is -1.28. The van der Waals surface area contributed by atoms with Crippen LogP contribution < -0.4 is 16.0 Å². The monoisotopic (exact) mass is 504 g/mol. The molecular formula is C22H37FN4O4S2. The molecule has 0 radical (unpaired) electrons. The van der Waals surface area contributed by atoms with Gasteiger partial charge in [0.1, 0.15) is 10.9 Å². The molecule has 0 spiro atoms.